The predicted molar refractivity (Wildman–Crippen MR) is 67.8 cm³/mol. The van der Waals surface area contributed by atoms with Crippen LogP contribution >= 0.6 is 0 Å². The molecule has 5 heteroatoms. The van der Waals surface area contributed by atoms with Gasteiger partial charge >= 0.3 is 5.91 Å². The SMILES string of the molecule is CCCOCc1c(C(=O)NN)oc2ccccc12. The first-order valence-corrected chi connectivity index (χ1v) is 5.87. The largest absolute Gasteiger partial charge is 0.450 e. The highest BCUT2D eigenvalue weighted by molar-refractivity contribution is 5.98. The van der Waals surface area contributed by atoms with Crippen LogP contribution in [-0.2, 0) is 11.3 Å². The van der Waals surface area contributed by atoms with E-state index in [1.807, 2.05) is 31.2 Å². The smallest absolute Gasteiger partial charge is 0.301 e. The normalized spacial score (nSPS) is 10.8. The maximum atomic E-state index is 11.7. The molecule has 0 radical (unpaired) electrons. The quantitative estimate of drug-likeness (QED) is 0.367. The number of rotatable bonds is 5. The molecule has 3 N–H and O–H groups in total. The Morgan fingerprint density at radius 1 is 1.44 bits per heavy atom. The van der Waals surface area contributed by atoms with Gasteiger partial charge in [0.2, 0.25) is 0 Å². The van der Waals surface area contributed by atoms with E-state index in [4.69, 9.17) is 15.0 Å². The van der Waals surface area contributed by atoms with Crippen molar-refractivity contribution >= 4 is 16.9 Å². The van der Waals surface area contributed by atoms with Gasteiger partial charge in [0, 0.05) is 17.6 Å². The van der Waals surface area contributed by atoms with Crippen LogP contribution in [-0.4, -0.2) is 12.5 Å². The predicted octanol–water partition coefficient (Wildman–Crippen LogP) is 1.96. The molecule has 0 unspecified atom stereocenters. The van der Waals surface area contributed by atoms with Crippen LogP contribution in [0.3, 0.4) is 0 Å². The van der Waals surface area contributed by atoms with Crippen molar-refractivity contribution in [1.82, 2.24) is 5.43 Å². The number of ether oxygens (including phenoxy) is 1. The van der Waals surface area contributed by atoms with Crippen LogP contribution in [0.15, 0.2) is 28.7 Å². The number of amides is 1. The Morgan fingerprint density at radius 3 is 2.94 bits per heavy atom. The lowest BCUT2D eigenvalue weighted by Crippen LogP contribution is -2.30. The Bertz CT molecular complexity index is 548. The minimum absolute atomic E-state index is 0.217. The Labute approximate surface area is 105 Å². The number of hydrogen-bond acceptors (Lipinski definition) is 4. The Balaban J connectivity index is 2.41. The van der Waals surface area contributed by atoms with E-state index in [9.17, 15) is 4.79 Å². The summed E-state index contributed by atoms with van der Waals surface area (Å²) in [5.74, 6) is 4.92. The van der Waals surface area contributed by atoms with Crippen LogP contribution in [0.25, 0.3) is 11.0 Å². The number of furan rings is 1. The fourth-order valence-corrected chi connectivity index (χ4v) is 1.81. The molecule has 0 atom stereocenters. The number of hydrazine groups is 1. The van der Waals surface area contributed by atoms with Gasteiger partial charge in [0.05, 0.1) is 6.61 Å². The molecule has 0 aliphatic rings. The third kappa shape index (κ3) is 2.37. The van der Waals surface area contributed by atoms with Crippen LogP contribution in [0.5, 0.6) is 0 Å². The average Bonchev–Trinajstić information content (AvgIpc) is 2.77. The second kappa shape index (κ2) is 5.66. The summed E-state index contributed by atoms with van der Waals surface area (Å²) in [6.07, 6.45) is 0.925. The molecule has 1 aromatic heterocycles. The minimum Gasteiger partial charge on any atom is -0.450 e. The lowest BCUT2D eigenvalue weighted by molar-refractivity contribution is 0.0911. The van der Waals surface area contributed by atoms with Crippen molar-refractivity contribution in [2.24, 2.45) is 5.84 Å². The number of carbonyl (C=O) groups excluding carboxylic acids is 1. The lowest BCUT2D eigenvalue weighted by atomic mass is 10.1. The van der Waals surface area contributed by atoms with E-state index in [1.165, 1.54) is 0 Å². The van der Waals surface area contributed by atoms with E-state index < -0.39 is 5.91 Å². The third-order valence-electron chi connectivity index (χ3n) is 2.63. The standard InChI is InChI=1S/C13H16N2O3/c1-2-7-17-8-10-9-5-3-4-6-11(9)18-12(10)13(16)15-14/h3-6H,2,7-8,14H2,1H3,(H,15,16). The Hall–Kier alpha value is -1.85. The Morgan fingerprint density at radius 2 is 2.22 bits per heavy atom. The van der Waals surface area contributed by atoms with E-state index in [2.05, 4.69) is 5.43 Å². The average molecular weight is 248 g/mol. The molecular weight excluding hydrogens is 232 g/mol. The zero-order chi connectivity index (χ0) is 13.0. The first-order valence-electron chi connectivity index (χ1n) is 5.87. The maximum absolute atomic E-state index is 11.7. The van der Waals surface area contributed by atoms with E-state index in [0.717, 1.165) is 17.4 Å². The lowest BCUT2D eigenvalue weighted by Gasteiger charge is -2.03. The fourth-order valence-electron chi connectivity index (χ4n) is 1.81. The zero-order valence-corrected chi connectivity index (χ0v) is 10.2. The van der Waals surface area contributed by atoms with Gasteiger partial charge in [-0.1, -0.05) is 25.1 Å². The van der Waals surface area contributed by atoms with Gasteiger partial charge < -0.3 is 9.15 Å². The van der Waals surface area contributed by atoms with Gasteiger partial charge in [0.1, 0.15) is 5.58 Å². The van der Waals surface area contributed by atoms with Crippen molar-refractivity contribution in [3.05, 3.63) is 35.6 Å². The van der Waals surface area contributed by atoms with Crippen LogP contribution < -0.4 is 11.3 Å². The van der Waals surface area contributed by atoms with Crippen molar-refractivity contribution in [2.75, 3.05) is 6.61 Å². The van der Waals surface area contributed by atoms with E-state index >= 15 is 0 Å². The molecule has 0 bridgehead atoms. The third-order valence-corrected chi connectivity index (χ3v) is 2.63. The Kier molecular flexibility index (Phi) is 3.96. The van der Waals surface area contributed by atoms with Crippen LogP contribution in [0.2, 0.25) is 0 Å². The van der Waals surface area contributed by atoms with Gasteiger partial charge in [-0.2, -0.15) is 0 Å². The van der Waals surface area contributed by atoms with Crippen LogP contribution in [0.1, 0.15) is 29.5 Å². The summed E-state index contributed by atoms with van der Waals surface area (Å²) < 4.78 is 11.0. The molecule has 0 saturated carbocycles. The summed E-state index contributed by atoms with van der Waals surface area (Å²) in [5.41, 5.74) is 3.48. The molecule has 1 heterocycles. The van der Waals surface area contributed by atoms with Crippen molar-refractivity contribution in [1.29, 1.82) is 0 Å². The number of para-hydroxylation sites is 1. The number of nitrogens with two attached hydrogens (primary N) is 1. The summed E-state index contributed by atoms with van der Waals surface area (Å²) in [6, 6.07) is 7.46. The molecule has 5 nitrogen and oxygen atoms in total. The van der Waals surface area contributed by atoms with E-state index in [-0.39, 0.29) is 5.76 Å². The van der Waals surface area contributed by atoms with Crippen molar-refractivity contribution in [3.63, 3.8) is 0 Å². The topological polar surface area (TPSA) is 77.5 Å². The molecule has 2 rings (SSSR count). The van der Waals surface area contributed by atoms with Gasteiger partial charge in [0.15, 0.2) is 5.76 Å². The zero-order valence-electron chi connectivity index (χ0n) is 10.2. The second-order valence-corrected chi connectivity index (χ2v) is 3.93. The van der Waals surface area contributed by atoms with Gasteiger partial charge in [-0.15, -0.1) is 0 Å². The van der Waals surface area contributed by atoms with Crippen molar-refractivity contribution in [2.45, 2.75) is 20.0 Å². The number of nitrogens with one attached hydrogen (secondary N) is 1. The van der Waals surface area contributed by atoms with E-state index in [0.29, 0.717) is 18.8 Å². The second-order valence-electron chi connectivity index (χ2n) is 3.93. The van der Waals surface area contributed by atoms with Crippen LogP contribution in [0, 0.1) is 0 Å². The first-order chi connectivity index (χ1) is 8.77. The number of hydrogen-bond donors (Lipinski definition) is 2. The van der Waals surface area contributed by atoms with E-state index in [1.54, 1.807) is 0 Å². The highest BCUT2D eigenvalue weighted by Crippen LogP contribution is 2.26. The molecule has 0 aliphatic carbocycles. The van der Waals surface area contributed by atoms with Gasteiger partial charge in [-0.3, -0.25) is 10.2 Å². The highest BCUT2D eigenvalue weighted by atomic mass is 16.5. The highest BCUT2D eigenvalue weighted by Gasteiger charge is 2.19. The molecule has 18 heavy (non-hydrogen) atoms. The summed E-state index contributed by atoms with van der Waals surface area (Å²) in [5, 5.41) is 0.882. The fraction of sp³-hybridized carbons (Fsp3) is 0.308. The molecule has 1 amide bonds. The van der Waals surface area contributed by atoms with Crippen molar-refractivity contribution in [3.8, 4) is 0 Å². The molecule has 96 valence electrons. The number of benzene rings is 1. The molecule has 0 spiro atoms. The molecule has 0 aliphatic heterocycles. The molecule has 0 saturated heterocycles. The maximum Gasteiger partial charge on any atom is 0.301 e. The number of carbonyl (C=O) groups is 1. The summed E-state index contributed by atoms with van der Waals surface area (Å²) in [4.78, 5) is 11.7. The van der Waals surface area contributed by atoms with Gasteiger partial charge in [0.25, 0.3) is 0 Å². The number of fused-ring (bicyclic) bond motifs is 1. The van der Waals surface area contributed by atoms with Crippen LogP contribution in [0.4, 0.5) is 0 Å². The molecule has 0 fully saturated rings. The summed E-state index contributed by atoms with van der Waals surface area (Å²) >= 11 is 0. The summed E-state index contributed by atoms with van der Waals surface area (Å²) in [7, 11) is 0. The van der Waals surface area contributed by atoms with Crippen molar-refractivity contribution < 1.29 is 13.9 Å². The molecule has 1 aromatic carbocycles. The summed E-state index contributed by atoms with van der Waals surface area (Å²) in [6.45, 7) is 3.01. The number of nitrogen functional groups attached to an aromatic ring is 1. The monoisotopic (exact) mass is 248 g/mol. The molecule has 2 aromatic rings. The van der Waals surface area contributed by atoms with Gasteiger partial charge in [-0.25, -0.2) is 5.84 Å². The van der Waals surface area contributed by atoms with Gasteiger partial charge in [-0.05, 0) is 12.5 Å². The molecular formula is C13H16N2O3. The first kappa shape index (κ1) is 12.6. The minimum atomic E-state index is -0.443.